The summed E-state index contributed by atoms with van der Waals surface area (Å²) in [5.74, 6) is -1.22. The van der Waals surface area contributed by atoms with Gasteiger partial charge >= 0.3 is 5.97 Å². The van der Waals surface area contributed by atoms with Crippen molar-refractivity contribution in [2.45, 2.75) is 25.7 Å². The number of anilines is 1. The van der Waals surface area contributed by atoms with Crippen molar-refractivity contribution in [3.05, 3.63) is 23.8 Å². The molecule has 1 aliphatic carbocycles. The summed E-state index contributed by atoms with van der Waals surface area (Å²) in [7, 11) is 2.97. The number of amides is 2. The number of benzene rings is 1. The van der Waals surface area contributed by atoms with E-state index in [1.54, 1.807) is 12.1 Å². The minimum atomic E-state index is -0.963. The molecule has 0 radical (unpaired) electrons. The van der Waals surface area contributed by atoms with Gasteiger partial charge in [0, 0.05) is 19.0 Å². The lowest BCUT2D eigenvalue weighted by Crippen LogP contribution is -2.41. The third kappa shape index (κ3) is 3.44. The van der Waals surface area contributed by atoms with Crippen LogP contribution < -0.4 is 15.4 Å². The van der Waals surface area contributed by atoms with Gasteiger partial charge in [-0.05, 0) is 31.0 Å². The normalized spacial score (nSPS) is 15.2. The van der Waals surface area contributed by atoms with Gasteiger partial charge in [-0.3, -0.25) is 14.4 Å². The number of hydrogen-bond acceptors (Lipinski definition) is 4. The van der Waals surface area contributed by atoms with Crippen LogP contribution in [0, 0.1) is 5.41 Å². The highest BCUT2D eigenvalue weighted by molar-refractivity contribution is 5.99. The number of carboxylic acids is 1. The monoisotopic (exact) mass is 320 g/mol. The van der Waals surface area contributed by atoms with Gasteiger partial charge in [-0.25, -0.2) is 0 Å². The molecule has 0 saturated heterocycles. The van der Waals surface area contributed by atoms with Crippen LogP contribution in [0.2, 0.25) is 0 Å². The molecular weight excluding hydrogens is 300 g/mol. The molecule has 0 atom stereocenters. The van der Waals surface area contributed by atoms with Gasteiger partial charge < -0.3 is 20.5 Å². The first-order valence-electron chi connectivity index (χ1n) is 7.35. The molecule has 0 aromatic heterocycles. The first-order chi connectivity index (χ1) is 10.9. The zero-order valence-electron chi connectivity index (χ0n) is 13.1. The molecule has 1 fully saturated rings. The van der Waals surface area contributed by atoms with E-state index < -0.39 is 17.3 Å². The van der Waals surface area contributed by atoms with E-state index in [2.05, 4.69) is 10.6 Å². The van der Waals surface area contributed by atoms with Gasteiger partial charge in [0.15, 0.2) is 0 Å². The topological polar surface area (TPSA) is 105 Å². The summed E-state index contributed by atoms with van der Waals surface area (Å²) in [5.41, 5.74) is -0.242. The Morgan fingerprint density at radius 3 is 2.48 bits per heavy atom. The number of methoxy groups -OCH3 is 1. The number of hydrogen-bond donors (Lipinski definition) is 3. The summed E-state index contributed by atoms with van der Waals surface area (Å²) in [6.07, 6.45) is 1.74. The molecule has 0 unspecified atom stereocenters. The second-order valence-corrected chi connectivity index (χ2v) is 5.66. The summed E-state index contributed by atoms with van der Waals surface area (Å²) in [4.78, 5) is 35.2. The van der Waals surface area contributed by atoms with E-state index >= 15 is 0 Å². The highest BCUT2D eigenvalue weighted by Crippen LogP contribution is 2.44. The maximum Gasteiger partial charge on any atom is 0.310 e. The molecule has 1 aromatic carbocycles. The molecule has 7 nitrogen and oxygen atoms in total. The quantitative estimate of drug-likeness (QED) is 0.739. The SMILES string of the molecule is CNC(=O)c1ccc(OC)c(NC(=O)CC2(C(=O)O)CCC2)c1. The van der Waals surface area contributed by atoms with E-state index in [1.807, 2.05) is 0 Å². The third-order valence-electron chi connectivity index (χ3n) is 4.23. The number of carboxylic acid groups (broad SMARTS) is 1. The lowest BCUT2D eigenvalue weighted by atomic mass is 9.66. The number of aliphatic carboxylic acids is 1. The van der Waals surface area contributed by atoms with Crippen LogP contribution in [0.4, 0.5) is 5.69 Å². The fourth-order valence-electron chi connectivity index (χ4n) is 2.66. The predicted octanol–water partition coefficient (Wildman–Crippen LogP) is 1.64. The minimum Gasteiger partial charge on any atom is -0.495 e. The molecule has 2 amide bonds. The predicted molar refractivity (Wildman–Crippen MR) is 83.6 cm³/mol. The van der Waals surface area contributed by atoms with Crippen LogP contribution in [0.25, 0.3) is 0 Å². The van der Waals surface area contributed by atoms with Crippen LogP contribution in [0.3, 0.4) is 0 Å². The van der Waals surface area contributed by atoms with E-state index in [4.69, 9.17) is 4.74 Å². The molecule has 2 rings (SSSR count). The highest BCUT2D eigenvalue weighted by atomic mass is 16.5. The minimum absolute atomic E-state index is 0.0876. The Morgan fingerprint density at radius 1 is 1.30 bits per heavy atom. The van der Waals surface area contributed by atoms with E-state index in [9.17, 15) is 19.5 Å². The average Bonchev–Trinajstić information content (AvgIpc) is 2.49. The van der Waals surface area contributed by atoms with Crippen LogP contribution in [0.5, 0.6) is 5.75 Å². The third-order valence-corrected chi connectivity index (χ3v) is 4.23. The Hall–Kier alpha value is -2.57. The Labute approximate surface area is 134 Å². The standard InChI is InChI=1S/C16H20N2O5/c1-17-14(20)10-4-5-12(23-2)11(8-10)18-13(19)9-16(15(21)22)6-3-7-16/h4-5,8H,3,6-7,9H2,1-2H3,(H,17,20)(H,18,19)(H,21,22). The van der Waals surface area contributed by atoms with Crippen LogP contribution >= 0.6 is 0 Å². The largest absolute Gasteiger partial charge is 0.495 e. The van der Waals surface area contributed by atoms with Gasteiger partial charge in [-0.2, -0.15) is 0 Å². The van der Waals surface area contributed by atoms with Crippen LogP contribution in [-0.2, 0) is 9.59 Å². The molecule has 1 aliphatic rings. The van der Waals surface area contributed by atoms with Crippen molar-refractivity contribution in [1.29, 1.82) is 0 Å². The number of carbonyl (C=O) groups excluding carboxylic acids is 2. The van der Waals surface area contributed by atoms with Gasteiger partial charge in [-0.15, -0.1) is 0 Å². The average molecular weight is 320 g/mol. The lowest BCUT2D eigenvalue weighted by Gasteiger charge is -2.36. The van der Waals surface area contributed by atoms with Crippen molar-refractivity contribution in [2.24, 2.45) is 5.41 Å². The molecular formula is C16H20N2O5. The van der Waals surface area contributed by atoms with Crippen molar-refractivity contribution in [3.63, 3.8) is 0 Å². The van der Waals surface area contributed by atoms with E-state index in [0.29, 0.717) is 29.8 Å². The summed E-state index contributed by atoms with van der Waals surface area (Å²) >= 11 is 0. The number of nitrogens with one attached hydrogen (secondary N) is 2. The number of carbonyl (C=O) groups is 3. The Morgan fingerprint density at radius 2 is 2.00 bits per heavy atom. The maximum absolute atomic E-state index is 12.2. The summed E-state index contributed by atoms with van der Waals surface area (Å²) < 4.78 is 5.17. The fraction of sp³-hybridized carbons (Fsp3) is 0.438. The number of ether oxygens (including phenoxy) is 1. The van der Waals surface area contributed by atoms with Gasteiger partial charge in [0.1, 0.15) is 5.75 Å². The molecule has 0 aliphatic heterocycles. The highest BCUT2D eigenvalue weighted by Gasteiger charge is 2.45. The van der Waals surface area contributed by atoms with E-state index in [0.717, 1.165) is 6.42 Å². The van der Waals surface area contributed by atoms with Crippen LogP contribution in [-0.4, -0.2) is 37.0 Å². The van der Waals surface area contributed by atoms with Crippen LogP contribution in [0.15, 0.2) is 18.2 Å². The van der Waals surface area contributed by atoms with Crippen molar-refractivity contribution in [3.8, 4) is 5.75 Å². The first-order valence-corrected chi connectivity index (χ1v) is 7.35. The Kier molecular flexibility index (Phi) is 4.88. The molecule has 0 heterocycles. The summed E-state index contributed by atoms with van der Waals surface area (Å²) in [6.45, 7) is 0. The van der Waals surface area contributed by atoms with Crippen molar-refractivity contribution < 1.29 is 24.2 Å². The van der Waals surface area contributed by atoms with Crippen molar-refractivity contribution in [2.75, 3.05) is 19.5 Å². The summed E-state index contributed by atoms with van der Waals surface area (Å²) in [6, 6.07) is 4.66. The maximum atomic E-state index is 12.2. The zero-order valence-corrected chi connectivity index (χ0v) is 13.1. The van der Waals surface area contributed by atoms with Crippen molar-refractivity contribution in [1.82, 2.24) is 5.32 Å². The van der Waals surface area contributed by atoms with E-state index in [1.165, 1.54) is 20.2 Å². The molecule has 23 heavy (non-hydrogen) atoms. The van der Waals surface area contributed by atoms with Gasteiger partial charge in [0.2, 0.25) is 5.91 Å². The molecule has 1 aromatic rings. The lowest BCUT2D eigenvalue weighted by molar-refractivity contribution is -0.157. The summed E-state index contributed by atoms with van der Waals surface area (Å²) in [5, 5.41) is 14.4. The van der Waals surface area contributed by atoms with Gasteiger partial charge in [0.25, 0.3) is 5.91 Å². The first kappa shape index (κ1) is 16.8. The smallest absolute Gasteiger partial charge is 0.310 e. The van der Waals surface area contributed by atoms with E-state index in [-0.39, 0.29) is 12.3 Å². The molecule has 1 saturated carbocycles. The molecule has 124 valence electrons. The van der Waals surface area contributed by atoms with Crippen molar-refractivity contribution >= 4 is 23.5 Å². The fourth-order valence-corrected chi connectivity index (χ4v) is 2.66. The second-order valence-electron chi connectivity index (χ2n) is 5.66. The molecule has 3 N–H and O–H groups in total. The molecule has 0 spiro atoms. The second kappa shape index (κ2) is 6.68. The number of rotatable bonds is 6. The zero-order chi connectivity index (χ0) is 17.0. The molecule has 7 heteroatoms. The van der Waals surface area contributed by atoms with Crippen LogP contribution in [0.1, 0.15) is 36.0 Å². The Bertz CT molecular complexity index is 637. The van der Waals surface area contributed by atoms with Gasteiger partial charge in [0.05, 0.1) is 18.2 Å². The Balaban J connectivity index is 2.16. The molecule has 0 bridgehead atoms. The van der Waals surface area contributed by atoms with Gasteiger partial charge in [-0.1, -0.05) is 6.42 Å².